The van der Waals surface area contributed by atoms with Crippen LogP contribution in [0.4, 0.5) is 15.9 Å². The Hall–Kier alpha value is -3.03. The van der Waals surface area contributed by atoms with Crippen LogP contribution in [0.15, 0.2) is 80.7 Å². The van der Waals surface area contributed by atoms with Crippen LogP contribution in [0.2, 0.25) is 5.02 Å². The van der Waals surface area contributed by atoms with Gasteiger partial charge in [0, 0.05) is 16.1 Å². The standard InChI is InChI=1S/C21H12BrClFN3O2/c22-13-4-7-18-12(9-13)10-15(20(28)27-19-3-1-2-8-25-19)21(29-18)26-17-6-5-14(24)11-16(17)23/h1-11H,(H,25,27,28). The molecule has 0 spiro atoms. The van der Waals surface area contributed by atoms with Crippen molar-refractivity contribution in [2.75, 3.05) is 5.32 Å². The molecule has 0 atom stereocenters. The first-order valence-electron chi connectivity index (χ1n) is 8.45. The summed E-state index contributed by atoms with van der Waals surface area (Å²) in [5, 5.41) is 3.52. The molecule has 144 valence electrons. The summed E-state index contributed by atoms with van der Waals surface area (Å²) in [6.45, 7) is 0. The van der Waals surface area contributed by atoms with Crippen LogP contribution in [0.5, 0.6) is 0 Å². The molecule has 8 heteroatoms. The predicted molar refractivity (Wildman–Crippen MR) is 113 cm³/mol. The minimum absolute atomic E-state index is 0.0433. The predicted octanol–water partition coefficient (Wildman–Crippen LogP) is 5.87. The van der Waals surface area contributed by atoms with Crippen LogP contribution in [0, 0.1) is 5.82 Å². The highest BCUT2D eigenvalue weighted by atomic mass is 79.9. The Morgan fingerprint density at radius 3 is 2.76 bits per heavy atom. The number of nitrogens with zero attached hydrogens (tertiary/aromatic N) is 2. The van der Waals surface area contributed by atoms with E-state index >= 15 is 0 Å². The van der Waals surface area contributed by atoms with Crippen molar-refractivity contribution in [2.45, 2.75) is 0 Å². The normalized spacial score (nSPS) is 11.6. The minimum Gasteiger partial charge on any atom is -0.438 e. The van der Waals surface area contributed by atoms with Gasteiger partial charge in [-0.05, 0) is 54.6 Å². The van der Waals surface area contributed by atoms with E-state index in [1.54, 1.807) is 36.5 Å². The Bertz CT molecular complexity index is 1290. The van der Waals surface area contributed by atoms with Gasteiger partial charge in [0.15, 0.2) is 0 Å². The van der Waals surface area contributed by atoms with E-state index in [2.05, 4.69) is 31.2 Å². The molecule has 2 aromatic heterocycles. The maximum atomic E-state index is 13.4. The molecule has 2 aromatic carbocycles. The van der Waals surface area contributed by atoms with E-state index in [1.807, 2.05) is 12.1 Å². The number of nitrogens with one attached hydrogen (secondary N) is 1. The molecular formula is C21H12BrClFN3O2. The number of rotatable bonds is 3. The van der Waals surface area contributed by atoms with Crippen LogP contribution in [-0.4, -0.2) is 10.9 Å². The molecule has 1 N–H and O–H groups in total. The Balaban J connectivity index is 1.89. The SMILES string of the molecule is O=C(Nc1ccccn1)c1cc2cc(Br)ccc2oc1=Nc1ccc(F)cc1Cl. The molecule has 5 nitrogen and oxygen atoms in total. The lowest BCUT2D eigenvalue weighted by Gasteiger charge is -2.07. The molecule has 0 aliphatic carbocycles. The van der Waals surface area contributed by atoms with Crippen molar-refractivity contribution in [2.24, 2.45) is 4.99 Å². The van der Waals surface area contributed by atoms with E-state index < -0.39 is 11.7 Å². The van der Waals surface area contributed by atoms with Gasteiger partial charge in [-0.2, -0.15) is 0 Å². The van der Waals surface area contributed by atoms with Gasteiger partial charge in [-0.15, -0.1) is 0 Å². The number of hydrogen-bond acceptors (Lipinski definition) is 4. The van der Waals surface area contributed by atoms with Gasteiger partial charge >= 0.3 is 0 Å². The molecule has 0 aliphatic rings. The quantitative estimate of drug-likeness (QED) is 0.406. The summed E-state index contributed by atoms with van der Waals surface area (Å²) < 4.78 is 20.1. The van der Waals surface area contributed by atoms with Gasteiger partial charge in [-0.1, -0.05) is 33.6 Å². The average molecular weight is 473 g/mol. The smallest absolute Gasteiger partial charge is 0.262 e. The summed E-state index contributed by atoms with van der Waals surface area (Å²) in [5.74, 6) is -0.550. The summed E-state index contributed by atoms with van der Waals surface area (Å²) in [6, 6.07) is 16.0. The van der Waals surface area contributed by atoms with Crippen LogP contribution in [0.3, 0.4) is 0 Å². The lowest BCUT2D eigenvalue weighted by Crippen LogP contribution is -2.22. The number of fused-ring (bicyclic) bond motifs is 1. The Labute approximate surface area is 178 Å². The van der Waals surface area contributed by atoms with Crippen LogP contribution in [0.25, 0.3) is 11.0 Å². The van der Waals surface area contributed by atoms with E-state index in [9.17, 15) is 9.18 Å². The highest BCUT2D eigenvalue weighted by molar-refractivity contribution is 9.10. The second-order valence-corrected chi connectivity index (χ2v) is 7.35. The highest BCUT2D eigenvalue weighted by Crippen LogP contribution is 2.25. The molecular weight excluding hydrogens is 461 g/mol. The van der Waals surface area contributed by atoms with Gasteiger partial charge in [0.2, 0.25) is 5.55 Å². The lowest BCUT2D eigenvalue weighted by molar-refractivity contribution is 0.102. The van der Waals surface area contributed by atoms with E-state index in [-0.39, 0.29) is 21.8 Å². The van der Waals surface area contributed by atoms with Crippen molar-refractivity contribution < 1.29 is 13.6 Å². The molecule has 4 rings (SSSR count). The number of pyridine rings is 1. The summed E-state index contributed by atoms with van der Waals surface area (Å²) in [6.07, 6.45) is 1.57. The first-order valence-corrected chi connectivity index (χ1v) is 9.62. The highest BCUT2D eigenvalue weighted by Gasteiger charge is 2.14. The summed E-state index contributed by atoms with van der Waals surface area (Å²) >= 11 is 9.50. The zero-order valence-corrected chi connectivity index (χ0v) is 17.0. The largest absolute Gasteiger partial charge is 0.438 e. The third-order valence-corrected chi connectivity index (χ3v) is 4.79. The van der Waals surface area contributed by atoms with E-state index in [1.165, 1.54) is 12.1 Å². The molecule has 0 aliphatic heterocycles. The van der Waals surface area contributed by atoms with Crippen molar-refractivity contribution in [3.05, 3.63) is 93.3 Å². The number of aromatic nitrogens is 1. The second kappa shape index (κ2) is 8.14. The number of anilines is 1. The van der Waals surface area contributed by atoms with Crippen molar-refractivity contribution in [1.29, 1.82) is 0 Å². The van der Waals surface area contributed by atoms with Gasteiger partial charge in [0.25, 0.3) is 5.91 Å². The van der Waals surface area contributed by atoms with Crippen LogP contribution < -0.4 is 10.9 Å². The molecule has 4 aromatic rings. The molecule has 0 unspecified atom stereocenters. The first-order chi connectivity index (χ1) is 14.0. The van der Waals surface area contributed by atoms with Crippen LogP contribution in [-0.2, 0) is 0 Å². The molecule has 0 fully saturated rings. The lowest BCUT2D eigenvalue weighted by atomic mass is 10.1. The van der Waals surface area contributed by atoms with E-state index in [4.69, 9.17) is 16.0 Å². The zero-order chi connectivity index (χ0) is 20.4. The molecule has 0 saturated heterocycles. The van der Waals surface area contributed by atoms with Gasteiger partial charge in [0.05, 0.1) is 10.7 Å². The maximum Gasteiger partial charge on any atom is 0.262 e. The van der Waals surface area contributed by atoms with Gasteiger partial charge in [0.1, 0.15) is 22.8 Å². The fourth-order valence-electron chi connectivity index (χ4n) is 2.65. The molecule has 29 heavy (non-hydrogen) atoms. The second-order valence-electron chi connectivity index (χ2n) is 6.02. The van der Waals surface area contributed by atoms with Gasteiger partial charge < -0.3 is 9.73 Å². The van der Waals surface area contributed by atoms with Crippen LogP contribution >= 0.6 is 27.5 Å². The van der Waals surface area contributed by atoms with Crippen molar-refractivity contribution in [3.8, 4) is 0 Å². The fourth-order valence-corrected chi connectivity index (χ4v) is 3.24. The average Bonchev–Trinajstić information content (AvgIpc) is 2.70. The van der Waals surface area contributed by atoms with Crippen molar-refractivity contribution >= 4 is 55.9 Å². The Morgan fingerprint density at radius 2 is 2.00 bits per heavy atom. The summed E-state index contributed by atoms with van der Waals surface area (Å²) in [5.41, 5.74) is 1.03. The number of amides is 1. The molecule has 0 saturated carbocycles. The topological polar surface area (TPSA) is 67.5 Å². The Kier molecular flexibility index (Phi) is 5.42. The molecule has 2 heterocycles. The number of halogens is 3. The minimum atomic E-state index is -0.484. The zero-order valence-electron chi connectivity index (χ0n) is 14.7. The molecule has 1 amide bonds. The summed E-state index contributed by atoms with van der Waals surface area (Å²) in [4.78, 5) is 21.4. The van der Waals surface area contributed by atoms with Crippen molar-refractivity contribution in [3.63, 3.8) is 0 Å². The third kappa shape index (κ3) is 4.36. The van der Waals surface area contributed by atoms with E-state index in [0.29, 0.717) is 16.8 Å². The number of carbonyl (C=O) groups is 1. The maximum absolute atomic E-state index is 13.4. The van der Waals surface area contributed by atoms with Gasteiger partial charge in [-0.25, -0.2) is 14.4 Å². The first kappa shape index (κ1) is 19.3. The molecule has 0 bridgehead atoms. The summed E-state index contributed by atoms with van der Waals surface area (Å²) in [7, 11) is 0. The number of benzene rings is 2. The number of carbonyl (C=O) groups excluding carboxylic acids is 1. The van der Waals surface area contributed by atoms with Crippen molar-refractivity contribution in [1.82, 2.24) is 4.98 Å². The molecule has 0 radical (unpaired) electrons. The Morgan fingerprint density at radius 1 is 1.14 bits per heavy atom. The third-order valence-electron chi connectivity index (χ3n) is 3.99. The monoisotopic (exact) mass is 471 g/mol. The fraction of sp³-hybridized carbons (Fsp3) is 0. The number of hydrogen-bond donors (Lipinski definition) is 1. The van der Waals surface area contributed by atoms with Gasteiger partial charge in [-0.3, -0.25) is 4.79 Å². The van der Waals surface area contributed by atoms with E-state index in [0.717, 1.165) is 10.5 Å². The van der Waals surface area contributed by atoms with Crippen LogP contribution in [0.1, 0.15) is 10.4 Å².